The molecule has 182 valence electrons. The van der Waals surface area contributed by atoms with Crippen LogP contribution >= 0.6 is 0 Å². The SMILES string of the molecule is Cc1cccc(-c2cnc(C)nc2[C@H]2CCCN(C(=O)[C@H](c3cccnc3)N3CCOCC3)C2)c1. The minimum absolute atomic E-state index is 0.146. The van der Waals surface area contributed by atoms with Crippen LogP contribution in [0.15, 0.2) is 55.0 Å². The van der Waals surface area contributed by atoms with E-state index in [1.807, 2.05) is 36.4 Å². The van der Waals surface area contributed by atoms with Gasteiger partial charge < -0.3 is 9.64 Å². The van der Waals surface area contributed by atoms with E-state index in [2.05, 4.69) is 46.1 Å². The van der Waals surface area contributed by atoms with E-state index in [0.717, 1.165) is 60.7 Å². The molecule has 2 aliphatic rings. The van der Waals surface area contributed by atoms with Crippen LogP contribution in [-0.2, 0) is 9.53 Å². The third kappa shape index (κ3) is 5.26. The summed E-state index contributed by atoms with van der Waals surface area (Å²) in [4.78, 5) is 32.0. The largest absolute Gasteiger partial charge is 0.379 e. The van der Waals surface area contributed by atoms with Crippen LogP contribution in [0.25, 0.3) is 11.1 Å². The standard InChI is InChI=1S/C28H33N5O2/c1-20-6-3-7-22(16-20)25-18-30-21(2)31-26(25)24-9-5-11-33(19-24)28(34)27(23-8-4-10-29-17-23)32-12-14-35-15-13-32/h3-4,6-8,10,16-18,24,27H,5,9,11-15,19H2,1-2H3/t24-,27-/m0/s1. The van der Waals surface area contributed by atoms with E-state index in [1.54, 1.807) is 6.20 Å². The highest BCUT2D eigenvalue weighted by Crippen LogP contribution is 2.35. The Hall–Kier alpha value is -3.16. The normalized spacial score (nSPS) is 19.9. The van der Waals surface area contributed by atoms with Crippen molar-refractivity contribution in [1.82, 2.24) is 24.8 Å². The molecule has 7 nitrogen and oxygen atoms in total. The van der Waals surface area contributed by atoms with Gasteiger partial charge in [0.05, 0.1) is 18.9 Å². The van der Waals surface area contributed by atoms with Crippen molar-refractivity contribution in [2.45, 2.75) is 38.6 Å². The number of nitrogens with zero attached hydrogens (tertiary/aromatic N) is 5. The second kappa shape index (κ2) is 10.6. The van der Waals surface area contributed by atoms with Gasteiger partial charge >= 0.3 is 0 Å². The van der Waals surface area contributed by atoms with E-state index in [9.17, 15) is 4.79 Å². The first kappa shape index (κ1) is 23.6. The number of aryl methyl sites for hydroxylation is 2. The summed E-state index contributed by atoms with van der Waals surface area (Å²) in [7, 11) is 0. The average Bonchev–Trinajstić information content (AvgIpc) is 2.90. The first-order chi connectivity index (χ1) is 17.1. The highest BCUT2D eigenvalue weighted by atomic mass is 16.5. The van der Waals surface area contributed by atoms with E-state index < -0.39 is 0 Å². The van der Waals surface area contributed by atoms with Gasteiger partial charge in [0, 0.05) is 56.3 Å². The predicted molar refractivity (Wildman–Crippen MR) is 135 cm³/mol. The van der Waals surface area contributed by atoms with Gasteiger partial charge in [-0.2, -0.15) is 0 Å². The summed E-state index contributed by atoms with van der Waals surface area (Å²) in [5.41, 5.74) is 5.39. The van der Waals surface area contributed by atoms with Gasteiger partial charge in [0.1, 0.15) is 11.9 Å². The lowest BCUT2D eigenvalue weighted by Crippen LogP contribution is -2.49. The predicted octanol–water partition coefficient (Wildman–Crippen LogP) is 3.93. The lowest BCUT2D eigenvalue weighted by Gasteiger charge is -2.39. The van der Waals surface area contributed by atoms with Gasteiger partial charge in [-0.25, -0.2) is 9.97 Å². The monoisotopic (exact) mass is 471 g/mol. The van der Waals surface area contributed by atoms with Crippen molar-refractivity contribution in [3.63, 3.8) is 0 Å². The summed E-state index contributed by atoms with van der Waals surface area (Å²) >= 11 is 0. The summed E-state index contributed by atoms with van der Waals surface area (Å²) in [5.74, 6) is 1.08. The Morgan fingerprint density at radius 1 is 1.09 bits per heavy atom. The third-order valence-electron chi connectivity index (χ3n) is 7.03. The quantitative estimate of drug-likeness (QED) is 0.561. The molecule has 1 aromatic carbocycles. The third-order valence-corrected chi connectivity index (χ3v) is 7.03. The Balaban J connectivity index is 1.44. The van der Waals surface area contributed by atoms with Crippen molar-refractivity contribution < 1.29 is 9.53 Å². The number of benzene rings is 1. The number of hydrogen-bond donors (Lipinski definition) is 0. The number of aromatic nitrogens is 3. The van der Waals surface area contributed by atoms with E-state index >= 15 is 0 Å². The number of carbonyl (C=O) groups excluding carboxylic acids is 1. The Bertz CT molecular complexity index is 1160. The van der Waals surface area contributed by atoms with Gasteiger partial charge in [0.2, 0.25) is 5.91 Å². The van der Waals surface area contributed by atoms with Crippen LogP contribution in [0.1, 0.15) is 47.4 Å². The van der Waals surface area contributed by atoms with Gasteiger partial charge in [-0.3, -0.25) is 14.7 Å². The van der Waals surface area contributed by atoms with Gasteiger partial charge in [0.25, 0.3) is 0 Å². The van der Waals surface area contributed by atoms with Crippen molar-refractivity contribution in [1.29, 1.82) is 0 Å². The Labute approximate surface area is 207 Å². The Morgan fingerprint density at radius 2 is 1.94 bits per heavy atom. The number of amides is 1. The van der Waals surface area contributed by atoms with Crippen LogP contribution in [0, 0.1) is 13.8 Å². The lowest BCUT2D eigenvalue weighted by molar-refractivity contribution is -0.140. The molecule has 0 spiro atoms. The Morgan fingerprint density at radius 3 is 2.71 bits per heavy atom. The van der Waals surface area contributed by atoms with E-state index in [1.165, 1.54) is 5.56 Å². The molecule has 3 aromatic rings. The number of hydrogen-bond acceptors (Lipinski definition) is 6. The van der Waals surface area contributed by atoms with Crippen molar-refractivity contribution in [2.24, 2.45) is 0 Å². The maximum atomic E-state index is 14.0. The number of carbonyl (C=O) groups is 1. The van der Waals surface area contributed by atoms with Gasteiger partial charge in [0.15, 0.2) is 0 Å². The summed E-state index contributed by atoms with van der Waals surface area (Å²) in [6.45, 7) is 8.24. The molecule has 0 N–H and O–H groups in total. The molecule has 35 heavy (non-hydrogen) atoms. The number of piperidine rings is 1. The van der Waals surface area contributed by atoms with Gasteiger partial charge in [-0.15, -0.1) is 0 Å². The zero-order valence-corrected chi connectivity index (χ0v) is 20.6. The molecule has 0 bridgehead atoms. The lowest BCUT2D eigenvalue weighted by atomic mass is 9.89. The van der Waals surface area contributed by atoms with Crippen LogP contribution in [-0.4, -0.2) is 70.1 Å². The molecule has 2 saturated heterocycles. The fraction of sp³-hybridized carbons (Fsp3) is 0.429. The molecule has 2 aliphatic heterocycles. The van der Waals surface area contributed by atoms with Crippen LogP contribution in [0.5, 0.6) is 0 Å². The van der Waals surface area contributed by atoms with Crippen LogP contribution in [0.4, 0.5) is 0 Å². The molecule has 5 rings (SSSR count). The molecule has 4 heterocycles. The summed E-state index contributed by atoms with van der Waals surface area (Å²) < 4.78 is 5.56. The topological polar surface area (TPSA) is 71.5 Å². The fourth-order valence-corrected chi connectivity index (χ4v) is 5.29. The second-order valence-corrected chi connectivity index (χ2v) is 9.55. The molecule has 2 atom stereocenters. The van der Waals surface area contributed by atoms with Crippen LogP contribution < -0.4 is 0 Å². The second-order valence-electron chi connectivity index (χ2n) is 9.55. The first-order valence-electron chi connectivity index (χ1n) is 12.5. The molecule has 0 saturated carbocycles. The zero-order chi connectivity index (χ0) is 24.2. The summed E-state index contributed by atoms with van der Waals surface area (Å²) in [6, 6.07) is 12.1. The molecule has 2 fully saturated rings. The molecule has 0 radical (unpaired) electrons. The minimum atomic E-state index is -0.338. The molecule has 0 unspecified atom stereocenters. The highest BCUT2D eigenvalue weighted by Gasteiger charge is 2.35. The zero-order valence-electron chi connectivity index (χ0n) is 20.6. The Kier molecular flexibility index (Phi) is 7.16. The molecule has 7 heteroatoms. The first-order valence-corrected chi connectivity index (χ1v) is 12.5. The van der Waals surface area contributed by atoms with Crippen LogP contribution in [0.3, 0.4) is 0 Å². The van der Waals surface area contributed by atoms with Gasteiger partial charge in [-0.1, -0.05) is 35.9 Å². The highest BCUT2D eigenvalue weighted by molar-refractivity contribution is 5.83. The number of morpholine rings is 1. The van der Waals surface area contributed by atoms with Crippen molar-refractivity contribution in [3.8, 4) is 11.1 Å². The molecule has 0 aliphatic carbocycles. The molecule has 2 aromatic heterocycles. The smallest absolute Gasteiger partial charge is 0.244 e. The van der Waals surface area contributed by atoms with Crippen molar-refractivity contribution in [3.05, 3.63) is 77.6 Å². The van der Waals surface area contributed by atoms with E-state index in [4.69, 9.17) is 9.72 Å². The van der Waals surface area contributed by atoms with Crippen molar-refractivity contribution in [2.75, 3.05) is 39.4 Å². The maximum Gasteiger partial charge on any atom is 0.244 e. The minimum Gasteiger partial charge on any atom is -0.379 e. The number of pyridine rings is 1. The summed E-state index contributed by atoms with van der Waals surface area (Å²) in [5, 5.41) is 0. The van der Waals surface area contributed by atoms with Crippen molar-refractivity contribution >= 4 is 5.91 Å². The van der Waals surface area contributed by atoms with E-state index in [0.29, 0.717) is 19.8 Å². The average molecular weight is 472 g/mol. The number of rotatable bonds is 5. The fourth-order valence-electron chi connectivity index (χ4n) is 5.29. The number of ether oxygens (including phenoxy) is 1. The molecular weight excluding hydrogens is 438 g/mol. The molecule has 1 amide bonds. The number of likely N-dealkylation sites (tertiary alicyclic amines) is 1. The van der Waals surface area contributed by atoms with E-state index in [-0.39, 0.29) is 17.9 Å². The summed E-state index contributed by atoms with van der Waals surface area (Å²) in [6.07, 6.45) is 7.48. The van der Waals surface area contributed by atoms with Crippen LogP contribution in [0.2, 0.25) is 0 Å². The van der Waals surface area contributed by atoms with Gasteiger partial charge in [-0.05, 0) is 43.9 Å². The maximum absolute atomic E-state index is 14.0. The molecular formula is C28H33N5O2.